The van der Waals surface area contributed by atoms with E-state index in [0.29, 0.717) is 0 Å². The molecule has 0 heterocycles. The Morgan fingerprint density at radius 2 is 0.447 bits per heavy atom. The Balaban J connectivity index is 3.51. The first-order valence-corrected chi connectivity index (χ1v) is 17.4. The van der Waals surface area contributed by atoms with E-state index in [1.54, 1.807) is 0 Å². The van der Waals surface area contributed by atoms with Gasteiger partial charge in [-0.3, -0.25) is 0 Å². The molecule has 0 saturated heterocycles. The Bertz CT molecular complexity index is 425. The third-order valence-corrected chi connectivity index (χ3v) is 8.48. The van der Waals surface area contributed by atoms with Gasteiger partial charge in [0.05, 0.1) is 40.3 Å². The number of nitrogens with zero attached hydrogens (tertiary/aromatic N) is 2. The average Bonchev–Trinajstić information content (AvgIpc) is 2.87. The van der Waals surface area contributed by atoms with Crippen LogP contribution in [0.15, 0.2) is 0 Å². The summed E-state index contributed by atoms with van der Waals surface area (Å²) in [5, 5.41) is 25.4. The fraction of sp³-hybridized carbons (Fsp3) is 1.00. The minimum atomic E-state index is -0.0778. The quantitative estimate of drug-likeness (QED) is 0.0498. The largest absolute Gasteiger partial charge is 0.633 e. The Kier molecular flexibility index (Phi) is 26.9. The molecule has 0 aliphatic rings. The maximum absolute atomic E-state index is 12.7. The molecule has 0 rings (SSSR count). The molecule has 0 aromatic heterocycles. The van der Waals surface area contributed by atoms with Gasteiger partial charge in [-0.05, 0) is 51.4 Å². The predicted octanol–water partition coefficient (Wildman–Crippen LogP) is 11.1. The molecule has 0 aromatic carbocycles. The van der Waals surface area contributed by atoms with Crippen LogP contribution in [0.2, 0.25) is 0 Å². The van der Waals surface area contributed by atoms with Crippen LogP contribution in [0, 0.1) is 10.4 Å². The summed E-state index contributed by atoms with van der Waals surface area (Å²) in [5.41, 5.74) is 0. The minimum Gasteiger partial charge on any atom is -0.633 e. The number of hydroxylamine groups is 6. The van der Waals surface area contributed by atoms with Crippen molar-refractivity contribution >= 4 is 0 Å². The van der Waals surface area contributed by atoms with Gasteiger partial charge in [0.2, 0.25) is 0 Å². The van der Waals surface area contributed by atoms with Gasteiger partial charge in [-0.1, -0.05) is 129 Å². The van der Waals surface area contributed by atoms with Crippen molar-refractivity contribution < 1.29 is 9.29 Å². The predicted molar refractivity (Wildman–Crippen MR) is 170 cm³/mol. The van der Waals surface area contributed by atoms with Crippen molar-refractivity contribution in [2.75, 3.05) is 40.3 Å². The lowest BCUT2D eigenvalue weighted by Crippen LogP contribution is -2.39. The van der Waals surface area contributed by atoms with Gasteiger partial charge in [-0.2, -0.15) is 0 Å². The van der Waals surface area contributed by atoms with E-state index >= 15 is 0 Å². The fourth-order valence-electron chi connectivity index (χ4n) is 5.69. The van der Waals surface area contributed by atoms with Crippen LogP contribution in [0.4, 0.5) is 0 Å². The number of hydrogen-bond acceptors (Lipinski definition) is 2. The molecule has 38 heavy (non-hydrogen) atoms. The zero-order valence-electron chi connectivity index (χ0n) is 26.9. The van der Waals surface area contributed by atoms with Crippen molar-refractivity contribution in [2.24, 2.45) is 0 Å². The lowest BCUT2D eigenvalue weighted by Gasteiger charge is -2.39. The van der Waals surface area contributed by atoms with E-state index in [4.69, 9.17) is 0 Å². The number of unbranched alkanes of at least 4 members (excludes halogenated alkanes) is 23. The highest BCUT2D eigenvalue weighted by atomic mass is 16.5. The summed E-state index contributed by atoms with van der Waals surface area (Å²) in [6.07, 6.45) is 33.4. The van der Waals surface area contributed by atoms with Crippen molar-refractivity contribution in [1.82, 2.24) is 0 Å². The normalized spacial score (nSPS) is 15.0. The second-order valence-electron chi connectivity index (χ2n) is 13.0. The van der Waals surface area contributed by atoms with Crippen molar-refractivity contribution in [3.63, 3.8) is 0 Å². The summed E-state index contributed by atoms with van der Waals surface area (Å²) < 4.78 is -0.156. The van der Waals surface area contributed by atoms with Gasteiger partial charge in [0.1, 0.15) is 0 Å². The third-order valence-electron chi connectivity index (χ3n) is 8.48. The Hall–Kier alpha value is -0.160. The van der Waals surface area contributed by atoms with Crippen molar-refractivity contribution in [3.05, 3.63) is 10.4 Å². The van der Waals surface area contributed by atoms with Crippen LogP contribution in [0.5, 0.6) is 0 Å². The Morgan fingerprint density at radius 3 is 0.632 bits per heavy atom. The summed E-state index contributed by atoms with van der Waals surface area (Å²) in [6.45, 7) is 7.56. The van der Waals surface area contributed by atoms with E-state index in [2.05, 4.69) is 13.8 Å². The van der Waals surface area contributed by atoms with Gasteiger partial charge < -0.3 is 19.7 Å². The minimum absolute atomic E-state index is 0.0778. The van der Waals surface area contributed by atoms with Gasteiger partial charge >= 0.3 is 0 Å². The molecule has 0 aliphatic carbocycles. The van der Waals surface area contributed by atoms with E-state index in [0.717, 1.165) is 64.7 Å². The van der Waals surface area contributed by atoms with Crippen LogP contribution in [-0.4, -0.2) is 49.6 Å². The van der Waals surface area contributed by atoms with Gasteiger partial charge in [0, 0.05) is 0 Å². The van der Waals surface area contributed by atoms with Crippen molar-refractivity contribution in [1.29, 1.82) is 0 Å². The summed E-state index contributed by atoms with van der Waals surface area (Å²) in [6, 6.07) is 0. The summed E-state index contributed by atoms with van der Waals surface area (Å²) in [4.78, 5) is 0. The van der Waals surface area contributed by atoms with Crippen LogP contribution in [0.1, 0.15) is 181 Å². The van der Waals surface area contributed by atoms with Crippen molar-refractivity contribution in [2.45, 2.75) is 181 Å². The lowest BCUT2D eigenvalue weighted by atomic mass is 10.1. The smallest absolute Gasteiger partial charge is 0.0781 e. The summed E-state index contributed by atoms with van der Waals surface area (Å²) in [7, 11) is 3.71. The molecule has 0 fully saturated rings. The number of quaternary nitrogens is 2. The molecule has 0 radical (unpaired) electrons. The maximum Gasteiger partial charge on any atom is 0.0781 e. The van der Waals surface area contributed by atoms with Gasteiger partial charge in [0.15, 0.2) is 0 Å². The first kappa shape index (κ1) is 37.8. The third kappa shape index (κ3) is 28.8. The van der Waals surface area contributed by atoms with E-state index in [1.807, 2.05) is 14.1 Å². The molecule has 4 nitrogen and oxygen atoms in total. The van der Waals surface area contributed by atoms with Gasteiger partial charge in [-0.15, -0.1) is 0 Å². The average molecular weight is 541 g/mol. The van der Waals surface area contributed by atoms with E-state index in [1.165, 1.54) is 128 Å². The second kappa shape index (κ2) is 27.0. The molecule has 0 amide bonds. The van der Waals surface area contributed by atoms with Crippen LogP contribution >= 0.6 is 0 Å². The van der Waals surface area contributed by atoms with E-state index in [-0.39, 0.29) is 9.29 Å². The zero-order chi connectivity index (χ0) is 28.2. The molecule has 0 N–H and O–H groups in total. The highest BCUT2D eigenvalue weighted by Crippen LogP contribution is 2.15. The Morgan fingerprint density at radius 1 is 0.289 bits per heavy atom. The molecule has 2 atom stereocenters. The van der Waals surface area contributed by atoms with Crippen LogP contribution in [-0.2, 0) is 0 Å². The molecule has 0 saturated carbocycles. The lowest BCUT2D eigenvalue weighted by molar-refractivity contribution is -0.862. The zero-order valence-corrected chi connectivity index (χ0v) is 26.9. The Labute approximate surface area is 240 Å². The topological polar surface area (TPSA) is 46.1 Å². The number of rotatable bonds is 31. The number of hydrogen-bond donors (Lipinski definition) is 0. The molecular weight excluding hydrogens is 468 g/mol. The van der Waals surface area contributed by atoms with Crippen molar-refractivity contribution in [3.8, 4) is 0 Å². The first-order chi connectivity index (χ1) is 18.3. The van der Waals surface area contributed by atoms with Crippen LogP contribution in [0.25, 0.3) is 0 Å². The van der Waals surface area contributed by atoms with Crippen LogP contribution < -0.4 is 0 Å². The highest BCUT2D eigenvalue weighted by molar-refractivity contribution is 4.52. The molecule has 0 bridgehead atoms. The molecule has 0 aromatic rings. The fourth-order valence-corrected chi connectivity index (χ4v) is 5.69. The molecule has 0 spiro atoms. The molecule has 230 valence electrons. The molecule has 0 aliphatic heterocycles. The standard InChI is InChI=1S/C34H72N2O2/c1-5-7-9-11-13-15-17-19-21-23-27-31-35(3,37)33-29-25-26-30-34-36(4,38)32-28-24-22-20-18-16-14-12-10-8-6-2/h5-34H2,1-4H3. The summed E-state index contributed by atoms with van der Waals surface area (Å²) in [5.74, 6) is 0. The SMILES string of the molecule is CCCCCCCCCCCCC[N+](C)([O-])CCCCCC[N+](C)([O-])CCCCCCCCCCCCC. The van der Waals surface area contributed by atoms with Gasteiger partial charge in [0.25, 0.3) is 0 Å². The highest BCUT2D eigenvalue weighted by Gasteiger charge is 2.11. The summed E-state index contributed by atoms with van der Waals surface area (Å²) >= 11 is 0. The maximum atomic E-state index is 12.7. The molecular formula is C34H72N2O2. The monoisotopic (exact) mass is 541 g/mol. The van der Waals surface area contributed by atoms with Gasteiger partial charge in [-0.25, -0.2) is 0 Å². The second-order valence-corrected chi connectivity index (χ2v) is 13.0. The van der Waals surface area contributed by atoms with E-state index in [9.17, 15) is 10.4 Å². The molecule has 2 unspecified atom stereocenters. The first-order valence-electron chi connectivity index (χ1n) is 17.4. The molecule has 4 heteroatoms. The van der Waals surface area contributed by atoms with Crippen LogP contribution in [0.3, 0.4) is 0 Å². The van der Waals surface area contributed by atoms with E-state index < -0.39 is 0 Å².